The number of aryl methyl sites for hydroxylation is 3. The number of nitrogens with two attached hydrogens (primary N) is 2. The molecule has 730 valence electrons. The van der Waals surface area contributed by atoms with E-state index in [9.17, 15) is 24.0 Å². The first-order chi connectivity index (χ1) is 61.5. The summed E-state index contributed by atoms with van der Waals surface area (Å²) >= 11 is 9.78. The van der Waals surface area contributed by atoms with Crippen molar-refractivity contribution in [1.82, 2.24) is 4.90 Å². The van der Waals surface area contributed by atoms with Crippen LogP contribution in [0.15, 0.2) is 227 Å². The maximum Gasteiger partial charge on any atom is 0.410 e. The van der Waals surface area contributed by atoms with Gasteiger partial charge in [0.1, 0.15) is 38.9 Å². The van der Waals surface area contributed by atoms with E-state index < -0.39 is 44.7 Å². The summed E-state index contributed by atoms with van der Waals surface area (Å²) in [6.07, 6.45) is 7.50. The van der Waals surface area contributed by atoms with E-state index in [0.29, 0.717) is 72.4 Å². The highest BCUT2D eigenvalue weighted by atomic mass is 79.9. The van der Waals surface area contributed by atoms with Crippen molar-refractivity contribution in [3.05, 3.63) is 305 Å². The maximum atomic E-state index is 12.0. The topological polar surface area (TPSA) is 238 Å². The fourth-order valence-electron chi connectivity index (χ4n) is 11.7. The Balaban J connectivity index is 0.00000144. The number of carbonyl (C=O) groups excluding carboxylic acids is 4. The summed E-state index contributed by atoms with van der Waals surface area (Å²) in [7, 11) is 0. The molecule has 0 aromatic heterocycles. The number of halogens is 3. The fraction of sp³-hybridized carbons (Fsp3) is 0.482. The summed E-state index contributed by atoms with van der Waals surface area (Å²) in [5, 5.41) is 26.4. The number of esters is 2. The van der Waals surface area contributed by atoms with Gasteiger partial charge >= 0.3 is 24.0 Å². The van der Waals surface area contributed by atoms with Crippen molar-refractivity contribution in [2.75, 3.05) is 19.6 Å². The molecule has 0 bridgehead atoms. The Morgan fingerprint density at radius 1 is 0.439 bits per heavy atom. The molecule has 1 heterocycles. The van der Waals surface area contributed by atoms with E-state index in [1.54, 1.807) is 72.7 Å². The highest BCUT2D eigenvalue weighted by molar-refractivity contribution is 9.11. The minimum atomic E-state index is -1.02. The number of carbonyl (C=O) groups is 5. The number of carboxylic acids is 1. The lowest BCUT2D eigenvalue weighted by Gasteiger charge is -2.32. The van der Waals surface area contributed by atoms with Crippen LogP contribution in [-0.4, -0.2) is 96.9 Å². The molecule has 1 aliphatic rings. The lowest BCUT2D eigenvalue weighted by Crippen LogP contribution is -2.44. The Morgan fingerprint density at radius 2 is 0.765 bits per heavy atom. The molecule has 1 saturated heterocycles. The van der Waals surface area contributed by atoms with Crippen molar-refractivity contribution < 1.29 is 58.2 Å². The number of hydrogen-bond donors (Lipinski definition) is 5. The zero-order valence-corrected chi connectivity index (χ0v) is 90.5. The second-order valence-electron chi connectivity index (χ2n) is 38.8. The Hall–Kier alpha value is -8.75. The smallest absolute Gasteiger partial charge is 0.410 e. The van der Waals surface area contributed by atoms with Gasteiger partial charge < -0.3 is 50.6 Å². The van der Waals surface area contributed by atoms with Crippen LogP contribution < -0.4 is 16.2 Å². The molecule has 7 N–H and O–H groups in total. The van der Waals surface area contributed by atoms with Gasteiger partial charge in [0.2, 0.25) is 0 Å². The standard InChI is InChI=1S/C14H19BrO3.C12H18.C11H19NO4.C11H17N.2C11H16.C10H15N.C10H14O.C10H12O.C8H15BrO2.C6H5BrO/c1-13(2,3)18-12(16)14(4,5)17-11-8-6-7-10(15)9-11;1-4-5-11-6-8-12(9-7-11)10(2)3;1-11(2,3)16-10(15)12-6-4-5-8(7-12)9(13)14;1-9(2)11-5-3-10(4-6-11)7-8-12;2*1-4-10-5-7-11(8-6-10)9(2)3;3*1-8(2)10-5-3-9(7-11)4-6-10;1-7(2,3)11-6(10)8(4,5)9;7-5-2-1-3-6(8)4-5/h6-9H,1-5H3;6-10H,4-5H2,1-3H3;8H,4-7H2,1-3H3,(H,13,14);3-6,9H,7-8,12H2,1-2H3;2*5-9H,4H2,1-3H3;3-6,8H,7,11H2,1-2H3;3-6,8,11H,7H2,1-2H3;3-8H,1-2H3;1-5H3;1-4,8H. The minimum Gasteiger partial charge on any atom is -0.508 e. The molecule has 18 heteroatoms. The van der Waals surface area contributed by atoms with Crippen LogP contribution in [0.3, 0.4) is 0 Å². The predicted molar refractivity (Wildman–Crippen MR) is 566 cm³/mol. The number of alkyl halides is 1. The second-order valence-corrected chi connectivity index (χ2v) is 42.6. The monoisotopic (exact) mass is 2010 g/mol. The number of aldehydes is 1. The summed E-state index contributed by atoms with van der Waals surface area (Å²) in [5.41, 5.74) is 26.7. The molecule has 10 rings (SSSR count). The molecule has 0 saturated carbocycles. The van der Waals surface area contributed by atoms with Crippen LogP contribution in [0.4, 0.5) is 4.79 Å². The Labute approximate surface area is 823 Å². The van der Waals surface area contributed by atoms with Crippen LogP contribution in [0.5, 0.6) is 11.5 Å². The predicted octanol–water partition coefficient (Wildman–Crippen LogP) is 30.3. The molecule has 1 unspecified atom stereocenters. The molecule has 0 spiro atoms. The number of aliphatic hydroxyl groups excluding tert-OH is 1. The number of amides is 1. The number of rotatable bonds is 21. The van der Waals surface area contributed by atoms with Crippen LogP contribution in [0, 0.1) is 5.92 Å². The van der Waals surface area contributed by atoms with Crippen molar-refractivity contribution in [1.29, 1.82) is 0 Å². The van der Waals surface area contributed by atoms with Crippen LogP contribution in [-0.2, 0) is 67.4 Å². The molecule has 0 radical (unpaired) electrons. The first kappa shape index (κ1) is 123. The summed E-state index contributed by atoms with van der Waals surface area (Å²) in [5.74, 6) is 3.31. The number of nitrogens with zero attached hydrogens (tertiary/aromatic N) is 1. The van der Waals surface area contributed by atoms with Crippen molar-refractivity contribution in [3.8, 4) is 11.5 Å². The van der Waals surface area contributed by atoms with Gasteiger partial charge in [0.15, 0.2) is 5.60 Å². The van der Waals surface area contributed by atoms with Crippen molar-refractivity contribution >= 4 is 78.1 Å². The minimum absolute atomic E-state index is 0.137. The number of phenols is 1. The van der Waals surface area contributed by atoms with Crippen LogP contribution in [0.2, 0.25) is 0 Å². The summed E-state index contributed by atoms with van der Waals surface area (Å²) in [4.78, 5) is 57.5. The summed E-state index contributed by atoms with van der Waals surface area (Å²) in [6, 6.07) is 74.0. The van der Waals surface area contributed by atoms with Gasteiger partial charge in [-0.3, -0.25) is 14.4 Å². The first-order valence-electron chi connectivity index (χ1n) is 46.8. The number of aliphatic hydroxyl groups is 1. The van der Waals surface area contributed by atoms with Crippen molar-refractivity contribution in [2.24, 2.45) is 17.4 Å². The third-order valence-corrected chi connectivity index (χ3v) is 21.3. The number of likely N-dealkylation sites (tertiary alicyclic amines) is 1. The third-order valence-electron chi connectivity index (χ3n) is 20.0. The molecule has 132 heavy (non-hydrogen) atoms. The number of phenolic OH excluding ortho intramolecular Hbond substituents is 1. The van der Waals surface area contributed by atoms with E-state index in [-0.39, 0.29) is 25.1 Å². The average molecular weight is 2010 g/mol. The number of benzene rings is 9. The number of ether oxygens (including phenoxy) is 4. The number of hydrogen-bond acceptors (Lipinski definition) is 13. The quantitative estimate of drug-likeness (QED) is 0.0195. The summed E-state index contributed by atoms with van der Waals surface area (Å²) < 4.78 is 22.6. The normalized spacial score (nSPS) is 12.2. The number of aliphatic carboxylic acids is 1. The molecule has 15 nitrogen and oxygen atoms in total. The number of carboxylic acid groups (broad SMARTS) is 1. The lowest BCUT2D eigenvalue weighted by atomic mass is 9.99. The largest absolute Gasteiger partial charge is 0.508 e. The average Bonchev–Trinajstić information content (AvgIpc) is 0.841. The van der Waals surface area contributed by atoms with Gasteiger partial charge in [-0.15, -0.1) is 0 Å². The third kappa shape index (κ3) is 57.1. The van der Waals surface area contributed by atoms with Gasteiger partial charge in [-0.25, -0.2) is 9.59 Å². The van der Waals surface area contributed by atoms with Gasteiger partial charge in [0, 0.05) is 34.1 Å². The second kappa shape index (κ2) is 64.3. The molecule has 1 aliphatic heterocycles. The van der Waals surface area contributed by atoms with E-state index in [2.05, 4.69) is 299 Å². The molecule has 1 atom stereocenters. The van der Waals surface area contributed by atoms with Crippen LogP contribution in [0.1, 0.15) is 351 Å². The molecule has 0 aliphatic carbocycles. The highest BCUT2D eigenvalue weighted by Crippen LogP contribution is 2.28. The van der Waals surface area contributed by atoms with Gasteiger partial charge in [-0.2, -0.15) is 0 Å². The molecule has 1 amide bonds. The zero-order chi connectivity index (χ0) is 101. The van der Waals surface area contributed by atoms with E-state index in [4.69, 9.17) is 45.7 Å². The maximum absolute atomic E-state index is 12.0. The number of piperidine rings is 1. The molecular formula is C114H166Br3N3O12. The molecule has 9 aromatic rings. The van der Waals surface area contributed by atoms with E-state index in [0.717, 1.165) is 58.6 Å². The Bertz CT molecular complexity index is 4340. The van der Waals surface area contributed by atoms with Gasteiger partial charge in [0.25, 0.3) is 0 Å². The van der Waals surface area contributed by atoms with Gasteiger partial charge in [0.05, 0.1) is 12.5 Å². The van der Waals surface area contributed by atoms with Crippen molar-refractivity contribution in [3.63, 3.8) is 0 Å². The first-order valence-corrected chi connectivity index (χ1v) is 49.2. The van der Waals surface area contributed by atoms with E-state index >= 15 is 0 Å². The van der Waals surface area contributed by atoms with Gasteiger partial charge in [-0.05, 0) is 285 Å². The lowest BCUT2D eigenvalue weighted by molar-refractivity contribution is -0.171. The van der Waals surface area contributed by atoms with E-state index in [1.165, 1.54) is 84.5 Å². The Kier molecular flexibility index (Phi) is 60.0. The van der Waals surface area contributed by atoms with Gasteiger partial charge in [-0.1, -0.05) is 354 Å². The highest BCUT2D eigenvalue weighted by Gasteiger charge is 2.35. The van der Waals surface area contributed by atoms with Crippen molar-refractivity contribution in [2.45, 2.75) is 334 Å². The SMILES string of the molecule is CC(C)(C)OC(=O)C(C)(C)Br.CC(C)(C)OC(=O)C(C)(C)Oc1cccc(Br)c1.CC(C)(C)OC(=O)N1CCCC(C(=O)O)C1.CC(C)c1ccc(C=O)cc1.CC(C)c1ccc(CCN)cc1.CC(C)c1ccc(CN)cc1.CC(C)c1ccc(CO)cc1.CCCc1ccc(C(C)C)cc1.CCc1ccc(C(C)C)cc1.CCc1ccc(C(C)C)cc1.Oc1cccc(Br)c1. The number of aromatic hydroxyl groups is 1. The zero-order valence-electron chi connectivity index (χ0n) is 85.7. The van der Waals surface area contributed by atoms with Crippen LogP contribution in [0.25, 0.3) is 0 Å². The van der Waals surface area contributed by atoms with E-state index in [1.807, 2.05) is 102 Å². The summed E-state index contributed by atoms with van der Waals surface area (Å²) in [6.45, 7) is 63.0. The van der Waals surface area contributed by atoms with Crippen LogP contribution >= 0.6 is 47.8 Å². The molecule has 9 aromatic carbocycles. The fourth-order valence-corrected chi connectivity index (χ4v) is 12.5. The molecule has 1 fully saturated rings. The molecular weight excluding hydrogens is 1840 g/mol. The Morgan fingerprint density at radius 3 is 1.04 bits per heavy atom.